The molecule has 1 fully saturated rings. The van der Waals surface area contributed by atoms with Gasteiger partial charge in [0.25, 0.3) is 10.1 Å². The zero-order valence-electron chi connectivity index (χ0n) is 41.3. The van der Waals surface area contributed by atoms with Crippen molar-refractivity contribution in [2.75, 3.05) is 19.0 Å². The lowest BCUT2D eigenvalue weighted by atomic mass is 10.00. The Morgan fingerprint density at radius 2 is 0.955 bits per heavy atom. The van der Waals surface area contributed by atoms with E-state index in [1.807, 2.05) is 36.5 Å². The second-order valence-corrected chi connectivity index (χ2v) is 19.8. The molecule has 0 spiro atoms. The molecular formula is C53H94O12S. The Morgan fingerprint density at radius 3 is 1.42 bits per heavy atom. The van der Waals surface area contributed by atoms with Gasteiger partial charge in [0.15, 0.2) is 12.4 Å². The monoisotopic (exact) mass is 955 g/mol. The molecule has 384 valence electrons. The molecule has 66 heavy (non-hydrogen) atoms. The van der Waals surface area contributed by atoms with Crippen LogP contribution < -0.4 is 0 Å². The average molecular weight is 955 g/mol. The summed E-state index contributed by atoms with van der Waals surface area (Å²) in [6, 6.07) is 0. The summed E-state index contributed by atoms with van der Waals surface area (Å²) in [5, 5.41) is 31.0. The normalized spacial score (nSPS) is 19.8. The first-order valence-electron chi connectivity index (χ1n) is 26.2. The highest BCUT2D eigenvalue weighted by atomic mass is 32.2. The second-order valence-electron chi connectivity index (χ2n) is 18.3. The highest BCUT2D eigenvalue weighted by Gasteiger charge is 2.46. The van der Waals surface area contributed by atoms with E-state index < -0.39 is 71.2 Å². The van der Waals surface area contributed by atoms with E-state index in [4.69, 9.17) is 18.9 Å². The SMILES string of the molecule is CC/C=C/C=C/C=C/C=C/CCCCCCCC(=O)O[C@H](COC(=O)CCCCCCCCCCCCCCCCCCCCCCCCC)CO[C@H]1O[C@H](CS(=O)(=O)O)[C@@H](O)C(O)C1O. The van der Waals surface area contributed by atoms with Gasteiger partial charge in [0, 0.05) is 12.8 Å². The molecule has 0 bridgehead atoms. The molecule has 2 unspecified atom stereocenters. The summed E-state index contributed by atoms with van der Waals surface area (Å²) in [7, 11) is -4.61. The van der Waals surface area contributed by atoms with E-state index in [1.165, 1.54) is 122 Å². The van der Waals surface area contributed by atoms with Crippen LogP contribution in [0.2, 0.25) is 0 Å². The molecule has 0 amide bonds. The van der Waals surface area contributed by atoms with Gasteiger partial charge in [-0.2, -0.15) is 8.42 Å². The van der Waals surface area contributed by atoms with Crippen molar-refractivity contribution in [1.82, 2.24) is 0 Å². The summed E-state index contributed by atoms with van der Waals surface area (Å²) in [5.74, 6) is -2.01. The molecule has 1 aliphatic heterocycles. The second kappa shape index (κ2) is 42.7. The molecule has 0 aromatic heterocycles. The number of carbonyl (C=O) groups excluding carboxylic acids is 2. The molecule has 0 aromatic carbocycles. The van der Waals surface area contributed by atoms with E-state index in [-0.39, 0.29) is 19.4 Å². The quantitative estimate of drug-likeness (QED) is 0.0196. The van der Waals surface area contributed by atoms with Crippen LogP contribution in [0.5, 0.6) is 0 Å². The number of hydrogen-bond donors (Lipinski definition) is 4. The molecular weight excluding hydrogens is 861 g/mol. The summed E-state index contributed by atoms with van der Waals surface area (Å²) < 4.78 is 54.2. The number of hydrogen-bond acceptors (Lipinski definition) is 11. The fourth-order valence-corrected chi connectivity index (χ4v) is 8.67. The van der Waals surface area contributed by atoms with Gasteiger partial charge in [-0.3, -0.25) is 14.1 Å². The van der Waals surface area contributed by atoms with Crippen LogP contribution in [-0.2, 0) is 38.7 Å². The molecule has 0 aromatic rings. The van der Waals surface area contributed by atoms with Crippen molar-refractivity contribution in [3.8, 4) is 0 Å². The van der Waals surface area contributed by atoms with Crippen LogP contribution in [0.4, 0.5) is 0 Å². The van der Waals surface area contributed by atoms with Crippen molar-refractivity contribution >= 4 is 22.1 Å². The molecule has 1 heterocycles. The Labute approximate surface area is 401 Å². The van der Waals surface area contributed by atoms with Crippen molar-refractivity contribution in [3.63, 3.8) is 0 Å². The number of esters is 2. The first-order chi connectivity index (χ1) is 32.0. The summed E-state index contributed by atoms with van der Waals surface area (Å²) >= 11 is 0. The minimum absolute atomic E-state index is 0.138. The van der Waals surface area contributed by atoms with Gasteiger partial charge >= 0.3 is 11.9 Å². The van der Waals surface area contributed by atoms with E-state index in [2.05, 4.69) is 26.0 Å². The smallest absolute Gasteiger partial charge is 0.306 e. The molecule has 0 radical (unpaired) electrons. The van der Waals surface area contributed by atoms with Crippen LogP contribution >= 0.6 is 0 Å². The summed E-state index contributed by atoms with van der Waals surface area (Å²) in [6.45, 7) is 3.63. The van der Waals surface area contributed by atoms with Crippen molar-refractivity contribution < 1.29 is 56.8 Å². The zero-order valence-corrected chi connectivity index (χ0v) is 42.1. The summed E-state index contributed by atoms with van der Waals surface area (Å²) in [6.07, 6.45) is 43.0. The van der Waals surface area contributed by atoms with E-state index >= 15 is 0 Å². The van der Waals surface area contributed by atoms with Crippen molar-refractivity contribution in [2.45, 2.75) is 256 Å². The maximum Gasteiger partial charge on any atom is 0.306 e. The first-order valence-corrected chi connectivity index (χ1v) is 27.9. The summed E-state index contributed by atoms with van der Waals surface area (Å²) in [4.78, 5) is 25.5. The zero-order chi connectivity index (χ0) is 48.4. The van der Waals surface area contributed by atoms with Crippen molar-refractivity contribution in [3.05, 3.63) is 48.6 Å². The number of rotatable bonds is 44. The highest BCUT2D eigenvalue weighted by molar-refractivity contribution is 7.85. The number of aliphatic hydroxyl groups is 3. The number of unbranched alkanes of at least 4 members (excludes halogenated alkanes) is 27. The minimum Gasteiger partial charge on any atom is -0.462 e. The van der Waals surface area contributed by atoms with Crippen molar-refractivity contribution in [1.29, 1.82) is 0 Å². The Morgan fingerprint density at radius 1 is 0.530 bits per heavy atom. The van der Waals surface area contributed by atoms with Crippen LogP contribution in [0.3, 0.4) is 0 Å². The van der Waals surface area contributed by atoms with Crippen LogP contribution in [0.15, 0.2) is 48.6 Å². The number of aliphatic hydroxyl groups excluding tert-OH is 3. The lowest BCUT2D eigenvalue weighted by Gasteiger charge is -2.40. The van der Waals surface area contributed by atoms with Crippen LogP contribution in [0.1, 0.15) is 219 Å². The van der Waals surface area contributed by atoms with Gasteiger partial charge in [0.1, 0.15) is 36.8 Å². The number of allylic oxidation sites excluding steroid dienone is 8. The van der Waals surface area contributed by atoms with E-state index in [0.29, 0.717) is 12.8 Å². The van der Waals surface area contributed by atoms with Crippen LogP contribution in [0.25, 0.3) is 0 Å². The maximum absolute atomic E-state index is 12.8. The third-order valence-corrected chi connectivity index (χ3v) is 12.8. The molecule has 12 nitrogen and oxygen atoms in total. The van der Waals surface area contributed by atoms with Crippen LogP contribution in [-0.4, -0.2) is 96.0 Å². The Kier molecular flexibility index (Phi) is 39.9. The topological polar surface area (TPSA) is 186 Å². The molecule has 0 saturated carbocycles. The highest BCUT2D eigenvalue weighted by Crippen LogP contribution is 2.24. The molecule has 4 N–H and O–H groups in total. The molecule has 0 aliphatic carbocycles. The van der Waals surface area contributed by atoms with E-state index in [9.17, 15) is 37.9 Å². The molecule has 1 saturated heterocycles. The van der Waals surface area contributed by atoms with E-state index in [1.54, 1.807) is 0 Å². The minimum atomic E-state index is -4.61. The molecule has 1 aliphatic rings. The van der Waals surface area contributed by atoms with Gasteiger partial charge in [-0.1, -0.05) is 223 Å². The predicted octanol–water partition coefficient (Wildman–Crippen LogP) is 11.9. The van der Waals surface area contributed by atoms with Gasteiger partial charge in [-0.05, 0) is 32.1 Å². The summed E-state index contributed by atoms with van der Waals surface area (Å²) in [5.41, 5.74) is 0. The van der Waals surface area contributed by atoms with Crippen molar-refractivity contribution in [2.24, 2.45) is 0 Å². The van der Waals surface area contributed by atoms with Crippen LogP contribution in [0, 0.1) is 0 Å². The largest absolute Gasteiger partial charge is 0.462 e. The Hall–Kier alpha value is -2.39. The lowest BCUT2D eigenvalue weighted by molar-refractivity contribution is -0.297. The van der Waals surface area contributed by atoms with E-state index in [0.717, 1.165) is 57.8 Å². The Bertz CT molecular complexity index is 1400. The van der Waals surface area contributed by atoms with Gasteiger partial charge in [0.2, 0.25) is 0 Å². The molecule has 6 atom stereocenters. The fraction of sp³-hybridized carbons (Fsp3) is 0.811. The number of carbonyl (C=O) groups is 2. The fourth-order valence-electron chi connectivity index (χ4n) is 7.98. The van der Waals surface area contributed by atoms with Gasteiger partial charge in [-0.15, -0.1) is 0 Å². The molecule has 1 rings (SSSR count). The van der Waals surface area contributed by atoms with Gasteiger partial charge in [0.05, 0.1) is 6.61 Å². The predicted molar refractivity (Wildman–Crippen MR) is 266 cm³/mol. The third kappa shape index (κ3) is 36.6. The average Bonchev–Trinajstić information content (AvgIpc) is 3.28. The molecule has 13 heteroatoms. The number of ether oxygens (including phenoxy) is 4. The first kappa shape index (κ1) is 61.6. The Balaban J connectivity index is 2.33. The standard InChI is InChI=1S/C53H94O12S/c1-3-5-7-9-11-13-15-17-19-20-21-22-23-24-25-26-28-29-31-33-35-37-39-41-48(54)62-43-46(44-63-53-52(58)51(57)50(56)47(65-53)45-66(59,60)61)64-49(55)42-40-38-36-34-32-30-27-18-16-14-12-10-8-6-4-2/h6,8,10,12,14,16,18,27,46-47,50-53,56-58H,3-5,7,9,11,13,15,17,19-26,28-45H2,1-2H3,(H,59,60,61)/b8-6+,12-10+,16-14+,27-18+/t46-,47-,50-,51?,52?,53+/m1/s1. The third-order valence-electron chi connectivity index (χ3n) is 12.0. The van der Waals surface area contributed by atoms with Gasteiger partial charge in [-0.25, -0.2) is 0 Å². The lowest BCUT2D eigenvalue weighted by Crippen LogP contribution is -2.60. The van der Waals surface area contributed by atoms with Gasteiger partial charge < -0.3 is 34.3 Å². The maximum atomic E-state index is 12.8.